The van der Waals surface area contributed by atoms with E-state index in [4.69, 9.17) is 4.74 Å². The highest BCUT2D eigenvalue weighted by Crippen LogP contribution is 2.09. The molecule has 0 aromatic carbocycles. The first-order valence-electron chi connectivity index (χ1n) is 5.90. The number of allylic oxidation sites excluding steroid dienone is 1. The van der Waals surface area contributed by atoms with Crippen molar-refractivity contribution in [2.75, 3.05) is 32.8 Å². The average molecular weight is 240 g/mol. The number of carbonyl (C=O) groups excluding carboxylic acids is 2. The van der Waals surface area contributed by atoms with Gasteiger partial charge in [-0.15, -0.1) is 0 Å². The number of hydrogen-bond acceptors (Lipinski definition) is 4. The summed E-state index contributed by atoms with van der Waals surface area (Å²) in [5.74, 6) is -0.198. The van der Waals surface area contributed by atoms with E-state index in [9.17, 15) is 9.59 Å². The SMILES string of the molecule is CCOC(=O)/C=C(/C)N1CCN(C(C)=O)CC1. The molecule has 0 atom stereocenters. The highest BCUT2D eigenvalue weighted by molar-refractivity contribution is 5.82. The number of ether oxygens (including phenoxy) is 1. The Bertz CT molecular complexity index is 318. The van der Waals surface area contributed by atoms with E-state index in [1.807, 2.05) is 11.8 Å². The molecule has 0 unspecified atom stereocenters. The summed E-state index contributed by atoms with van der Waals surface area (Å²) in [5, 5.41) is 0. The van der Waals surface area contributed by atoms with Crippen LogP contribution in [0, 0.1) is 0 Å². The number of esters is 1. The van der Waals surface area contributed by atoms with Gasteiger partial charge in [0, 0.05) is 44.9 Å². The van der Waals surface area contributed by atoms with E-state index >= 15 is 0 Å². The van der Waals surface area contributed by atoms with Crippen LogP contribution in [-0.4, -0.2) is 54.5 Å². The summed E-state index contributed by atoms with van der Waals surface area (Å²) in [7, 11) is 0. The molecule has 1 fully saturated rings. The molecule has 0 aliphatic carbocycles. The number of nitrogens with zero attached hydrogens (tertiary/aromatic N) is 2. The van der Waals surface area contributed by atoms with Gasteiger partial charge in [0.25, 0.3) is 0 Å². The maximum atomic E-state index is 11.3. The molecule has 1 aliphatic heterocycles. The van der Waals surface area contributed by atoms with E-state index in [0.717, 1.165) is 18.8 Å². The van der Waals surface area contributed by atoms with Gasteiger partial charge in [-0.05, 0) is 13.8 Å². The number of rotatable bonds is 3. The third kappa shape index (κ3) is 4.09. The van der Waals surface area contributed by atoms with Gasteiger partial charge in [0.15, 0.2) is 0 Å². The van der Waals surface area contributed by atoms with Gasteiger partial charge < -0.3 is 14.5 Å². The minimum atomic E-state index is -0.306. The summed E-state index contributed by atoms with van der Waals surface area (Å²) in [6.45, 7) is 8.60. The Kier molecular flexibility index (Phi) is 5.00. The topological polar surface area (TPSA) is 49.9 Å². The van der Waals surface area contributed by atoms with Crippen LogP contribution in [0.15, 0.2) is 11.8 Å². The van der Waals surface area contributed by atoms with Crippen LogP contribution in [0.1, 0.15) is 20.8 Å². The zero-order chi connectivity index (χ0) is 12.8. The smallest absolute Gasteiger partial charge is 0.332 e. The molecule has 1 saturated heterocycles. The van der Waals surface area contributed by atoms with Crippen molar-refractivity contribution >= 4 is 11.9 Å². The van der Waals surface area contributed by atoms with Gasteiger partial charge in [-0.3, -0.25) is 4.79 Å². The molecule has 0 aromatic rings. The van der Waals surface area contributed by atoms with Crippen molar-refractivity contribution in [2.45, 2.75) is 20.8 Å². The monoisotopic (exact) mass is 240 g/mol. The molecule has 96 valence electrons. The Morgan fingerprint density at radius 3 is 2.12 bits per heavy atom. The molecule has 1 rings (SSSR count). The Labute approximate surface area is 102 Å². The lowest BCUT2D eigenvalue weighted by molar-refractivity contribution is -0.137. The maximum Gasteiger partial charge on any atom is 0.332 e. The fourth-order valence-corrected chi connectivity index (χ4v) is 1.82. The normalized spacial score (nSPS) is 17.0. The molecule has 0 bridgehead atoms. The third-order valence-corrected chi connectivity index (χ3v) is 2.84. The molecule has 1 amide bonds. The molecular formula is C12H20N2O3. The largest absolute Gasteiger partial charge is 0.463 e. The molecule has 0 spiro atoms. The van der Waals surface area contributed by atoms with Crippen molar-refractivity contribution in [3.05, 3.63) is 11.8 Å². The molecule has 1 aliphatic rings. The fourth-order valence-electron chi connectivity index (χ4n) is 1.82. The average Bonchev–Trinajstić information content (AvgIpc) is 2.29. The molecule has 0 N–H and O–H groups in total. The van der Waals surface area contributed by atoms with E-state index in [-0.39, 0.29) is 11.9 Å². The Balaban J connectivity index is 2.48. The minimum absolute atomic E-state index is 0.108. The van der Waals surface area contributed by atoms with Gasteiger partial charge >= 0.3 is 5.97 Å². The van der Waals surface area contributed by atoms with Gasteiger partial charge in [0.2, 0.25) is 5.91 Å². The van der Waals surface area contributed by atoms with Crippen LogP contribution >= 0.6 is 0 Å². The molecular weight excluding hydrogens is 220 g/mol. The van der Waals surface area contributed by atoms with Gasteiger partial charge in [0.05, 0.1) is 6.61 Å². The zero-order valence-electron chi connectivity index (χ0n) is 10.7. The van der Waals surface area contributed by atoms with Crippen molar-refractivity contribution in [3.63, 3.8) is 0 Å². The van der Waals surface area contributed by atoms with E-state index in [2.05, 4.69) is 4.90 Å². The number of amides is 1. The highest BCUT2D eigenvalue weighted by Gasteiger charge is 2.18. The van der Waals surface area contributed by atoms with Crippen LogP contribution in [0.5, 0.6) is 0 Å². The summed E-state index contributed by atoms with van der Waals surface area (Å²) in [6, 6.07) is 0. The van der Waals surface area contributed by atoms with Crippen molar-refractivity contribution in [1.29, 1.82) is 0 Å². The van der Waals surface area contributed by atoms with Crippen LogP contribution in [0.4, 0.5) is 0 Å². The second-order valence-electron chi connectivity index (χ2n) is 4.03. The van der Waals surface area contributed by atoms with E-state index in [1.54, 1.807) is 13.8 Å². The second kappa shape index (κ2) is 6.27. The standard InChI is InChI=1S/C12H20N2O3/c1-4-17-12(16)9-10(2)13-5-7-14(8-6-13)11(3)15/h9H,4-8H2,1-3H3/b10-9-. The van der Waals surface area contributed by atoms with Gasteiger partial charge in [-0.25, -0.2) is 4.79 Å². The van der Waals surface area contributed by atoms with Crippen LogP contribution in [-0.2, 0) is 14.3 Å². The maximum absolute atomic E-state index is 11.3. The first-order valence-corrected chi connectivity index (χ1v) is 5.90. The number of piperazine rings is 1. The Morgan fingerprint density at radius 2 is 1.65 bits per heavy atom. The molecule has 17 heavy (non-hydrogen) atoms. The van der Waals surface area contributed by atoms with Crippen LogP contribution in [0.25, 0.3) is 0 Å². The van der Waals surface area contributed by atoms with Crippen molar-refractivity contribution in [3.8, 4) is 0 Å². The van der Waals surface area contributed by atoms with Gasteiger partial charge in [-0.2, -0.15) is 0 Å². The van der Waals surface area contributed by atoms with Crippen LogP contribution < -0.4 is 0 Å². The first kappa shape index (κ1) is 13.5. The van der Waals surface area contributed by atoms with Crippen LogP contribution in [0.2, 0.25) is 0 Å². The molecule has 0 aromatic heterocycles. The molecule has 0 saturated carbocycles. The zero-order valence-corrected chi connectivity index (χ0v) is 10.7. The number of hydrogen-bond donors (Lipinski definition) is 0. The summed E-state index contributed by atoms with van der Waals surface area (Å²) >= 11 is 0. The van der Waals surface area contributed by atoms with Gasteiger partial charge in [-0.1, -0.05) is 0 Å². The lowest BCUT2D eigenvalue weighted by Gasteiger charge is -2.35. The lowest BCUT2D eigenvalue weighted by atomic mass is 10.2. The van der Waals surface area contributed by atoms with Crippen molar-refractivity contribution in [1.82, 2.24) is 9.80 Å². The highest BCUT2D eigenvalue weighted by atomic mass is 16.5. The fraction of sp³-hybridized carbons (Fsp3) is 0.667. The Hall–Kier alpha value is -1.52. The number of carbonyl (C=O) groups is 2. The van der Waals surface area contributed by atoms with E-state index in [1.165, 1.54) is 6.08 Å². The minimum Gasteiger partial charge on any atom is -0.463 e. The quantitative estimate of drug-likeness (QED) is 0.536. The second-order valence-corrected chi connectivity index (χ2v) is 4.03. The summed E-state index contributed by atoms with van der Waals surface area (Å²) < 4.78 is 4.86. The molecule has 5 heteroatoms. The predicted octanol–water partition coefficient (Wildman–Crippen LogP) is 0.617. The van der Waals surface area contributed by atoms with Crippen molar-refractivity contribution < 1.29 is 14.3 Å². The third-order valence-electron chi connectivity index (χ3n) is 2.84. The summed E-state index contributed by atoms with van der Waals surface area (Å²) in [5.41, 5.74) is 0.895. The molecule has 0 radical (unpaired) electrons. The van der Waals surface area contributed by atoms with Crippen LogP contribution in [0.3, 0.4) is 0 Å². The predicted molar refractivity (Wildman–Crippen MR) is 64.2 cm³/mol. The van der Waals surface area contributed by atoms with Crippen molar-refractivity contribution in [2.24, 2.45) is 0 Å². The molecule has 1 heterocycles. The van der Waals surface area contributed by atoms with E-state index in [0.29, 0.717) is 19.7 Å². The first-order chi connectivity index (χ1) is 8.04. The Morgan fingerprint density at radius 1 is 1.12 bits per heavy atom. The molecule has 5 nitrogen and oxygen atoms in total. The summed E-state index contributed by atoms with van der Waals surface area (Å²) in [6.07, 6.45) is 1.51. The van der Waals surface area contributed by atoms with Gasteiger partial charge in [0.1, 0.15) is 0 Å². The lowest BCUT2D eigenvalue weighted by Crippen LogP contribution is -2.47. The summed E-state index contributed by atoms with van der Waals surface area (Å²) in [4.78, 5) is 26.3. The van der Waals surface area contributed by atoms with E-state index < -0.39 is 0 Å².